The zero-order chi connectivity index (χ0) is 14.0. The van der Waals surface area contributed by atoms with Gasteiger partial charge in [-0.25, -0.2) is 13.1 Å². The SMILES string of the molecule is Cc1[nH]nc(S(=O)(=O)NC2CCC(C)CC2)c1CO. The molecule has 0 aliphatic heterocycles. The Bertz CT molecular complexity index is 530. The van der Waals surface area contributed by atoms with Crippen LogP contribution in [-0.2, 0) is 16.6 Å². The average molecular weight is 287 g/mol. The molecule has 2 rings (SSSR count). The van der Waals surface area contributed by atoms with Crippen LogP contribution < -0.4 is 4.72 Å². The van der Waals surface area contributed by atoms with Gasteiger partial charge in [-0.3, -0.25) is 5.10 Å². The fourth-order valence-electron chi connectivity index (χ4n) is 2.49. The number of aromatic amines is 1. The van der Waals surface area contributed by atoms with E-state index in [1.165, 1.54) is 0 Å². The summed E-state index contributed by atoms with van der Waals surface area (Å²) in [6.07, 6.45) is 3.80. The largest absolute Gasteiger partial charge is 0.392 e. The van der Waals surface area contributed by atoms with Crippen LogP contribution in [0.1, 0.15) is 43.9 Å². The minimum Gasteiger partial charge on any atom is -0.392 e. The zero-order valence-corrected chi connectivity index (χ0v) is 12.1. The third-order valence-electron chi connectivity index (χ3n) is 3.79. The standard InChI is InChI=1S/C12H21N3O3S/c1-8-3-5-10(6-4-8)15-19(17,18)12-11(7-16)9(2)13-14-12/h8,10,15-16H,3-7H2,1-2H3,(H,13,14). The van der Waals surface area contributed by atoms with Gasteiger partial charge < -0.3 is 5.11 Å². The molecule has 0 unspecified atom stereocenters. The van der Waals surface area contributed by atoms with Crippen molar-refractivity contribution in [2.75, 3.05) is 0 Å². The monoisotopic (exact) mass is 287 g/mol. The average Bonchev–Trinajstić information content (AvgIpc) is 2.74. The molecular formula is C12H21N3O3S. The second-order valence-electron chi connectivity index (χ2n) is 5.37. The Balaban J connectivity index is 2.14. The summed E-state index contributed by atoms with van der Waals surface area (Å²) < 4.78 is 27.2. The molecule has 1 aromatic rings. The number of rotatable bonds is 4. The van der Waals surface area contributed by atoms with Crippen LogP contribution in [0.4, 0.5) is 0 Å². The summed E-state index contributed by atoms with van der Waals surface area (Å²) in [6.45, 7) is 3.55. The van der Waals surface area contributed by atoms with E-state index in [4.69, 9.17) is 0 Å². The summed E-state index contributed by atoms with van der Waals surface area (Å²) in [7, 11) is -3.65. The highest BCUT2D eigenvalue weighted by atomic mass is 32.2. The van der Waals surface area contributed by atoms with Crippen molar-refractivity contribution < 1.29 is 13.5 Å². The van der Waals surface area contributed by atoms with E-state index < -0.39 is 10.0 Å². The predicted molar refractivity (Wildman–Crippen MR) is 71.0 cm³/mol. The van der Waals surface area contributed by atoms with Crippen molar-refractivity contribution in [1.82, 2.24) is 14.9 Å². The molecule has 108 valence electrons. The fraction of sp³-hybridized carbons (Fsp3) is 0.750. The lowest BCUT2D eigenvalue weighted by atomic mass is 9.88. The number of H-pyrrole nitrogens is 1. The fourth-order valence-corrected chi connectivity index (χ4v) is 3.99. The Morgan fingerprint density at radius 3 is 2.58 bits per heavy atom. The molecule has 0 bridgehead atoms. The first-order valence-corrected chi connectivity index (χ1v) is 8.09. The lowest BCUT2D eigenvalue weighted by molar-refractivity contribution is 0.277. The van der Waals surface area contributed by atoms with E-state index in [0.717, 1.165) is 25.7 Å². The molecule has 0 aromatic carbocycles. The van der Waals surface area contributed by atoms with Crippen molar-refractivity contribution in [2.45, 2.75) is 57.2 Å². The van der Waals surface area contributed by atoms with Crippen LogP contribution in [0.25, 0.3) is 0 Å². The number of hydrogen-bond donors (Lipinski definition) is 3. The normalized spacial score (nSPS) is 24.6. The summed E-state index contributed by atoms with van der Waals surface area (Å²) in [5, 5.41) is 15.6. The number of hydrogen-bond acceptors (Lipinski definition) is 4. The van der Waals surface area contributed by atoms with Gasteiger partial charge in [0.2, 0.25) is 0 Å². The molecular weight excluding hydrogens is 266 g/mol. The van der Waals surface area contributed by atoms with E-state index in [9.17, 15) is 13.5 Å². The Morgan fingerprint density at radius 2 is 2.00 bits per heavy atom. The van der Waals surface area contributed by atoms with Gasteiger partial charge in [0.1, 0.15) is 0 Å². The molecule has 0 atom stereocenters. The number of aromatic nitrogens is 2. The Morgan fingerprint density at radius 1 is 1.37 bits per heavy atom. The van der Waals surface area contributed by atoms with Crippen LogP contribution in [0.3, 0.4) is 0 Å². The minimum absolute atomic E-state index is 0.0234. The molecule has 0 saturated heterocycles. The molecule has 1 saturated carbocycles. The number of nitrogens with zero attached hydrogens (tertiary/aromatic N) is 1. The van der Waals surface area contributed by atoms with Gasteiger partial charge in [-0.1, -0.05) is 6.92 Å². The number of sulfonamides is 1. The molecule has 3 N–H and O–H groups in total. The van der Waals surface area contributed by atoms with Crippen LogP contribution in [0.5, 0.6) is 0 Å². The van der Waals surface area contributed by atoms with Crippen molar-refractivity contribution in [3.05, 3.63) is 11.3 Å². The van der Waals surface area contributed by atoms with Crippen molar-refractivity contribution in [1.29, 1.82) is 0 Å². The van der Waals surface area contributed by atoms with E-state index in [2.05, 4.69) is 21.8 Å². The van der Waals surface area contributed by atoms with Gasteiger partial charge in [0, 0.05) is 17.3 Å². The molecule has 0 radical (unpaired) electrons. The summed E-state index contributed by atoms with van der Waals surface area (Å²) in [5.41, 5.74) is 0.928. The first-order valence-electron chi connectivity index (χ1n) is 6.61. The molecule has 19 heavy (non-hydrogen) atoms. The van der Waals surface area contributed by atoms with Crippen molar-refractivity contribution in [2.24, 2.45) is 5.92 Å². The second kappa shape index (κ2) is 5.60. The molecule has 1 aliphatic rings. The van der Waals surface area contributed by atoms with E-state index >= 15 is 0 Å². The zero-order valence-electron chi connectivity index (χ0n) is 11.3. The smallest absolute Gasteiger partial charge is 0.260 e. The van der Waals surface area contributed by atoms with Gasteiger partial charge in [0.25, 0.3) is 10.0 Å². The molecule has 1 aromatic heterocycles. The van der Waals surface area contributed by atoms with Gasteiger partial charge >= 0.3 is 0 Å². The minimum atomic E-state index is -3.65. The summed E-state index contributed by atoms with van der Waals surface area (Å²) in [5.74, 6) is 0.668. The quantitative estimate of drug-likeness (QED) is 0.772. The second-order valence-corrected chi connectivity index (χ2v) is 7.00. The van der Waals surface area contributed by atoms with Gasteiger partial charge in [-0.2, -0.15) is 5.10 Å². The Kier molecular flexibility index (Phi) is 4.27. The molecule has 0 amide bonds. The molecule has 1 heterocycles. The molecule has 6 nitrogen and oxygen atoms in total. The van der Waals surface area contributed by atoms with E-state index in [1.807, 2.05) is 0 Å². The molecule has 0 spiro atoms. The van der Waals surface area contributed by atoms with E-state index in [0.29, 0.717) is 17.2 Å². The van der Waals surface area contributed by atoms with Gasteiger partial charge in [0.15, 0.2) is 5.03 Å². The maximum Gasteiger partial charge on any atom is 0.260 e. The summed E-state index contributed by atoms with van der Waals surface area (Å²) in [6, 6.07) is -0.0234. The maximum absolute atomic E-state index is 12.3. The lowest BCUT2D eigenvalue weighted by Crippen LogP contribution is -2.37. The van der Waals surface area contributed by atoms with Crippen LogP contribution >= 0.6 is 0 Å². The highest BCUT2D eigenvalue weighted by Crippen LogP contribution is 2.25. The topological polar surface area (TPSA) is 95.1 Å². The van der Waals surface area contributed by atoms with Crippen LogP contribution in [-0.4, -0.2) is 29.8 Å². The number of aliphatic hydroxyl groups is 1. The first-order chi connectivity index (χ1) is 8.94. The molecule has 1 aliphatic carbocycles. The van der Waals surface area contributed by atoms with Gasteiger partial charge in [-0.15, -0.1) is 0 Å². The number of aryl methyl sites for hydroxylation is 1. The van der Waals surface area contributed by atoms with E-state index in [-0.39, 0.29) is 17.7 Å². The highest BCUT2D eigenvalue weighted by molar-refractivity contribution is 7.89. The predicted octanol–water partition coefficient (Wildman–Crippen LogP) is 1.07. The summed E-state index contributed by atoms with van der Waals surface area (Å²) >= 11 is 0. The molecule has 7 heteroatoms. The van der Waals surface area contributed by atoms with Crippen molar-refractivity contribution >= 4 is 10.0 Å². The maximum atomic E-state index is 12.3. The third-order valence-corrected chi connectivity index (χ3v) is 5.28. The Labute approximate surface area is 113 Å². The molecule has 1 fully saturated rings. The third kappa shape index (κ3) is 3.16. The lowest BCUT2D eigenvalue weighted by Gasteiger charge is -2.26. The Hall–Kier alpha value is -0.920. The van der Waals surface area contributed by atoms with Crippen molar-refractivity contribution in [3.8, 4) is 0 Å². The summed E-state index contributed by atoms with van der Waals surface area (Å²) in [4.78, 5) is 0. The van der Waals surface area contributed by atoms with Crippen molar-refractivity contribution in [3.63, 3.8) is 0 Å². The van der Waals surface area contributed by atoms with Gasteiger partial charge in [0.05, 0.1) is 6.61 Å². The number of nitrogens with one attached hydrogen (secondary N) is 2. The van der Waals surface area contributed by atoms with Crippen LogP contribution in [0.2, 0.25) is 0 Å². The van der Waals surface area contributed by atoms with Gasteiger partial charge in [-0.05, 0) is 38.5 Å². The highest BCUT2D eigenvalue weighted by Gasteiger charge is 2.28. The number of aliphatic hydroxyl groups excluding tert-OH is 1. The van der Waals surface area contributed by atoms with E-state index in [1.54, 1.807) is 6.92 Å². The first kappa shape index (κ1) is 14.5. The van der Waals surface area contributed by atoms with Crippen LogP contribution in [0.15, 0.2) is 5.03 Å². The van der Waals surface area contributed by atoms with Crippen LogP contribution in [0, 0.1) is 12.8 Å².